The van der Waals surface area contributed by atoms with Gasteiger partial charge in [-0.25, -0.2) is 9.97 Å². The number of nitrogens with zero attached hydrogens (tertiary/aromatic N) is 5. The van der Waals surface area contributed by atoms with E-state index in [0.717, 1.165) is 21.8 Å². The number of hydrogen-bond acceptors (Lipinski definition) is 7. The molecule has 0 aliphatic carbocycles. The highest BCUT2D eigenvalue weighted by molar-refractivity contribution is 7.19. The van der Waals surface area contributed by atoms with Crippen LogP contribution >= 0.6 is 22.9 Å². The molecular formula is C21H18ClN7O2S. The van der Waals surface area contributed by atoms with Crippen molar-refractivity contribution in [1.82, 2.24) is 29.7 Å². The molecule has 0 aromatic carbocycles. The van der Waals surface area contributed by atoms with Gasteiger partial charge >= 0.3 is 0 Å². The lowest BCUT2D eigenvalue weighted by Crippen LogP contribution is -2.12. The summed E-state index contributed by atoms with van der Waals surface area (Å²) in [6.45, 7) is 5.66. The average Bonchev–Trinajstić information content (AvgIpc) is 3.54. The number of aromatic nitrogens is 6. The normalized spacial score (nSPS) is 12.5. The third-order valence-electron chi connectivity index (χ3n) is 5.39. The maximum Gasteiger partial charge on any atom is 0.250 e. The summed E-state index contributed by atoms with van der Waals surface area (Å²) in [6.07, 6.45) is 3.16. The van der Waals surface area contributed by atoms with Crippen molar-refractivity contribution >= 4 is 34.5 Å². The van der Waals surface area contributed by atoms with Gasteiger partial charge in [-0.2, -0.15) is 5.10 Å². The van der Waals surface area contributed by atoms with E-state index in [1.807, 2.05) is 37.3 Å². The van der Waals surface area contributed by atoms with Crippen LogP contribution in [0.2, 0.25) is 4.34 Å². The zero-order valence-corrected chi connectivity index (χ0v) is 19.0. The molecule has 0 saturated carbocycles. The lowest BCUT2D eigenvalue weighted by Gasteiger charge is -2.09. The van der Waals surface area contributed by atoms with Gasteiger partial charge in [0.2, 0.25) is 5.91 Å². The van der Waals surface area contributed by atoms with E-state index in [1.54, 1.807) is 12.3 Å². The molecule has 5 aromatic rings. The Morgan fingerprint density at radius 2 is 2.16 bits per heavy atom. The van der Waals surface area contributed by atoms with E-state index in [4.69, 9.17) is 26.8 Å². The molecule has 1 amide bonds. The first-order valence-corrected chi connectivity index (χ1v) is 10.9. The van der Waals surface area contributed by atoms with Crippen LogP contribution in [-0.4, -0.2) is 35.6 Å². The van der Waals surface area contributed by atoms with E-state index in [0.29, 0.717) is 38.4 Å². The van der Waals surface area contributed by atoms with Gasteiger partial charge in [0.1, 0.15) is 23.6 Å². The Bertz CT molecular complexity index is 1450. The van der Waals surface area contributed by atoms with Crippen molar-refractivity contribution in [2.24, 2.45) is 5.73 Å². The van der Waals surface area contributed by atoms with Crippen LogP contribution in [-0.2, 0) is 0 Å². The molecule has 5 heterocycles. The summed E-state index contributed by atoms with van der Waals surface area (Å²) >= 11 is 7.69. The number of fused-ring (bicyclic) bond motifs is 1. The van der Waals surface area contributed by atoms with Gasteiger partial charge in [0.25, 0.3) is 0 Å². The van der Waals surface area contributed by atoms with Gasteiger partial charge in [0, 0.05) is 11.8 Å². The van der Waals surface area contributed by atoms with Crippen LogP contribution in [0.4, 0.5) is 0 Å². The third-order valence-corrected chi connectivity index (χ3v) is 6.63. The zero-order chi connectivity index (χ0) is 22.6. The number of nitrogens with one attached hydrogen (secondary N) is 1. The van der Waals surface area contributed by atoms with Crippen LogP contribution in [0.1, 0.15) is 46.2 Å². The highest BCUT2D eigenvalue weighted by Crippen LogP contribution is 2.40. The number of aromatic amines is 1. The van der Waals surface area contributed by atoms with Crippen LogP contribution in [0.15, 0.2) is 35.2 Å². The van der Waals surface area contributed by atoms with E-state index in [2.05, 4.69) is 20.3 Å². The largest absolute Gasteiger partial charge is 0.366 e. The van der Waals surface area contributed by atoms with E-state index >= 15 is 0 Å². The molecule has 0 radical (unpaired) electrons. The summed E-state index contributed by atoms with van der Waals surface area (Å²) in [5, 5.41) is 11.0. The molecule has 11 heteroatoms. The number of primary amides is 1. The number of carbonyl (C=O) groups excluding carboxylic acids is 1. The smallest absolute Gasteiger partial charge is 0.250 e. The molecule has 9 nitrogen and oxygen atoms in total. The third kappa shape index (κ3) is 3.19. The maximum absolute atomic E-state index is 12.2. The van der Waals surface area contributed by atoms with Crippen LogP contribution < -0.4 is 5.73 Å². The molecule has 32 heavy (non-hydrogen) atoms. The van der Waals surface area contributed by atoms with Crippen molar-refractivity contribution in [3.05, 3.63) is 63.6 Å². The first kappa shape index (κ1) is 20.4. The highest BCUT2D eigenvalue weighted by Gasteiger charge is 2.27. The number of amides is 1. The first-order valence-electron chi connectivity index (χ1n) is 9.75. The minimum Gasteiger partial charge on any atom is -0.366 e. The fraction of sp³-hybridized carbons (Fsp3) is 0.190. The fourth-order valence-electron chi connectivity index (χ4n) is 3.89. The number of aryl methyl sites for hydroxylation is 2. The summed E-state index contributed by atoms with van der Waals surface area (Å²) in [5.74, 6) is 0.544. The molecule has 0 fully saturated rings. The predicted octanol–water partition coefficient (Wildman–Crippen LogP) is 4.36. The number of imidazole rings is 1. The van der Waals surface area contributed by atoms with Gasteiger partial charge in [-0.3, -0.25) is 14.3 Å². The second-order valence-electron chi connectivity index (χ2n) is 7.44. The van der Waals surface area contributed by atoms with Crippen molar-refractivity contribution in [2.45, 2.75) is 26.7 Å². The minimum absolute atomic E-state index is 0.206. The molecule has 1 atom stereocenters. The summed E-state index contributed by atoms with van der Waals surface area (Å²) < 4.78 is 7.91. The summed E-state index contributed by atoms with van der Waals surface area (Å²) in [6, 6.07) is 5.49. The average molecular weight is 468 g/mol. The first-order chi connectivity index (χ1) is 15.3. The van der Waals surface area contributed by atoms with Gasteiger partial charge in [-0.1, -0.05) is 16.8 Å². The Hall–Kier alpha value is -3.50. The van der Waals surface area contributed by atoms with E-state index in [9.17, 15) is 4.79 Å². The molecule has 0 aliphatic rings. The molecule has 5 aromatic heterocycles. The summed E-state index contributed by atoms with van der Waals surface area (Å²) in [4.78, 5) is 22.4. The zero-order valence-electron chi connectivity index (χ0n) is 17.4. The molecule has 5 rings (SSSR count). The topological polar surface area (TPSA) is 128 Å². The van der Waals surface area contributed by atoms with Crippen LogP contribution in [0, 0.1) is 13.8 Å². The van der Waals surface area contributed by atoms with Crippen molar-refractivity contribution in [2.75, 3.05) is 0 Å². The number of thiophene rings is 1. The molecule has 0 unspecified atom stereocenters. The van der Waals surface area contributed by atoms with Gasteiger partial charge in [0.15, 0.2) is 0 Å². The number of rotatable bonds is 5. The Morgan fingerprint density at radius 3 is 2.75 bits per heavy atom. The number of pyridine rings is 1. The number of hydrogen-bond donors (Lipinski definition) is 2. The van der Waals surface area contributed by atoms with E-state index < -0.39 is 5.91 Å². The Balaban J connectivity index is 1.90. The molecule has 0 aliphatic heterocycles. The fourth-order valence-corrected chi connectivity index (χ4v) is 4.98. The number of halogens is 1. The number of carbonyl (C=O) groups is 1. The standard InChI is InChI=1S/C21H18ClN7O2S/c1-9(20-24-8-25-27-20)17-18(14-4-5-15(22)32-14)29-7-12(19(23)30)6-13(21(29)26-17)16-10(2)28-31-11(16)3/h4-9H,1-3H3,(H2,23,30)(H,24,25,27)/t9-/m0/s1. The molecule has 3 N–H and O–H groups in total. The second kappa shape index (κ2) is 7.57. The molecule has 0 bridgehead atoms. The van der Waals surface area contributed by atoms with Crippen LogP contribution in [0.3, 0.4) is 0 Å². The summed E-state index contributed by atoms with van der Waals surface area (Å²) in [7, 11) is 0. The Labute approximate surface area is 191 Å². The van der Waals surface area contributed by atoms with Crippen molar-refractivity contribution in [1.29, 1.82) is 0 Å². The van der Waals surface area contributed by atoms with E-state index in [1.165, 1.54) is 17.7 Å². The van der Waals surface area contributed by atoms with Gasteiger partial charge in [-0.15, -0.1) is 11.3 Å². The molecule has 162 valence electrons. The lowest BCUT2D eigenvalue weighted by molar-refractivity contribution is 0.1000. The van der Waals surface area contributed by atoms with Crippen molar-refractivity contribution in [3.63, 3.8) is 0 Å². The molecular weight excluding hydrogens is 450 g/mol. The van der Waals surface area contributed by atoms with Gasteiger partial charge in [-0.05, 0) is 39.0 Å². The SMILES string of the molecule is Cc1noc(C)c1-c1cc(C(N)=O)cn2c(-c3ccc(Cl)s3)c([C@H](C)c3ncn[nH]3)nc12. The van der Waals surface area contributed by atoms with Crippen LogP contribution in [0.5, 0.6) is 0 Å². The van der Waals surface area contributed by atoms with Gasteiger partial charge < -0.3 is 10.3 Å². The number of nitrogens with two attached hydrogens (primary N) is 1. The van der Waals surface area contributed by atoms with E-state index in [-0.39, 0.29) is 5.92 Å². The monoisotopic (exact) mass is 467 g/mol. The number of H-pyrrole nitrogens is 1. The lowest BCUT2D eigenvalue weighted by atomic mass is 10.0. The predicted molar refractivity (Wildman–Crippen MR) is 121 cm³/mol. The van der Waals surface area contributed by atoms with Crippen molar-refractivity contribution in [3.8, 4) is 21.7 Å². The second-order valence-corrected chi connectivity index (χ2v) is 9.16. The summed E-state index contributed by atoms with van der Waals surface area (Å²) in [5.41, 5.74) is 10.4. The Morgan fingerprint density at radius 1 is 1.34 bits per heavy atom. The maximum atomic E-state index is 12.2. The minimum atomic E-state index is -0.548. The molecule has 0 saturated heterocycles. The quantitative estimate of drug-likeness (QED) is 0.395. The molecule has 0 spiro atoms. The Kier molecular flexibility index (Phi) is 4.83. The van der Waals surface area contributed by atoms with Crippen molar-refractivity contribution < 1.29 is 9.32 Å². The highest BCUT2D eigenvalue weighted by atomic mass is 35.5. The van der Waals surface area contributed by atoms with Gasteiger partial charge in [0.05, 0.1) is 43.3 Å². The van der Waals surface area contributed by atoms with Crippen LogP contribution in [0.25, 0.3) is 27.3 Å².